The SMILES string of the molecule is CC(NC(=O)C(Cc1ccccc1)NC(=O)c1ccco1)c1ccc(-n2cncn2)cc1. The number of furan rings is 1. The predicted octanol–water partition coefficient (Wildman–Crippen LogP) is 3.08. The average Bonchev–Trinajstić information content (AvgIpc) is 3.54. The Labute approximate surface area is 185 Å². The van der Waals surface area contributed by atoms with Gasteiger partial charge >= 0.3 is 0 Å². The maximum absolute atomic E-state index is 13.1. The van der Waals surface area contributed by atoms with Crippen molar-refractivity contribution in [1.82, 2.24) is 25.4 Å². The highest BCUT2D eigenvalue weighted by molar-refractivity contribution is 5.95. The summed E-state index contributed by atoms with van der Waals surface area (Å²) < 4.78 is 6.82. The first-order chi connectivity index (χ1) is 15.6. The van der Waals surface area contributed by atoms with Crippen LogP contribution in [0.4, 0.5) is 0 Å². The van der Waals surface area contributed by atoms with Gasteiger partial charge < -0.3 is 15.1 Å². The topological polar surface area (TPSA) is 102 Å². The van der Waals surface area contributed by atoms with Gasteiger partial charge in [0.25, 0.3) is 5.91 Å². The Morgan fingerprint density at radius 3 is 2.44 bits per heavy atom. The predicted molar refractivity (Wildman–Crippen MR) is 118 cm³/mol. The number of benzene rings is 2. The van der Waals surface area contributed by atoms with E-state index >= 15 is 0 Å². The summed E-state index contributed by atoms with van der Waals surface area (Å²) in [6.07, 6.45) is 4.88. The minimum atomic E-state index is -0.758. The molecule has 0 bridgehead atoms. The fourth-order valence-corrected chi connectivity index (χ4v) is 3.35. The van der Waals surface area contributed by atoms with Crippen LogP contribution in [0.3, 0.4) is 0 Å². The van der Waals surface area contributed by atoms with Gasteiger partial charge in [-0.05, 0) is 42.3 Å². The number of rotatable bonds is 8. The normalized spacial score (nSPS) is 12.7. The second-order valence-corrected chi connectivity index (χ2v) is 7.35. The molecule has 0 aliphatic carbocycles. The minimum Gasteiger partial charge on any atom is -0.459 e. The Bertz CT molecular complexity index is 1140. The van der Waals surface area contributed by atoms with Crippen molar-refractivity contribution in [1.29, 1.82) is 0 Å². The van der Waals surface area contributed by atoms with Crippen molar-refractivity contribution in [3.8, 4) is 5.69 Å². The molecule has 32 heavy (non-hydrogen) atoms. The maximum atomic E-state index is 13.1. The molecule has 0 aliphatic rings. The van der Waals surface area contributed by atoms with E-state index in [1.54, 1.807) is 23.1 Å². The third-order valence-corrected chi connectivity index (χ3v) is 5.08. The van der Waals surface area contributed by atoms with E-state index in [1.165, 1.54) is 12.6 Å². The third-order valence-electron chi connectivity index (χ3n) is 5.08. The van der Waals surface area contributed by atoms with Crippen molar-refractivity contribution < 1.29 is 14.0 Å². The van der Waals surface area contributed by atoms with Crippen LogP contribution in [-0.4, -0.2) is 32.6 Å². The van der Waals surface area contributed by atoms with Crippen LogP contribution in [0.25, 0.3) is 5.69 Å². The summed E-state index contributed by atoms with van der Waals surface area (Å²) in [6.45, 7) is 1.90. The summed E-state index contributed by atoms with van der Waals surface area (Å²) in [5.41, 5.74) is 2.74. The smallest absolute Gasteiger partial charge is 0.287 e. The average molecular weight is 429 g/mol. The van der Waals surface area contributed by atoms with E-state index in [0.29, 0.717) is 6.42 Å². The highest BCUT2D eigenvalue weighted by atomic mass is 16.3. The van der Waals surface area contributed by atoms with Crippen LogP contribution in [-0.2, 0) is 11.2 Å². The molecule has 2 heterocycles. The zero-order valence-electron chi connectivity index (χ0n) is 17.5. The molecule has 2 amide bonds. The lowest BCUT2D eigenvalue weighted by molar-refractivity contribution is -0.123. The van der Waals surface area contributed by atoms with Gasteiger partial charge in [-0.15, -0.1) is 0 Å². The Morgan fingerprint density at radius 2 is 1.78 bits per heavy atom. The van der Waals surface area contributed by atoms with Gasteiger partial charge in [0.05, 0.1) is 18.0 Å². The summed E-state index contributed by atoms with van der Waals surface area (Å²) in [5.74, 6) is -0.551. The molecule has 8 nitrogen and oxygen atoms in total. The quantitative estimate of drug-likeness (QED) is 0.448. The van der Waals surface area contributed by atoms with Crippen molar-refractivity contribution in [3.63, 3.8) is 0 Å². The highest BCUT2D eigenvalue weighted by Gasteiger charge is 2.24. The van der Waals surface area contributed by atoms with Gasteiger partial charge in [0.1, 0.15) is 18.7 Å². The number of carbonyl (C=O) groups excluding carboxylic acids is 2. The first-order valence-corrected chi connectivity index (χ1v) is 10.2. The molecule has 0 aliphatic heterocycles. The molecule has 2 aromatic heterocycles. The number of carbonyl (C=O) groups is 2. The lowest BCUT2D eigenvalue weighted by Gasteiger charge is -2.21. The number of aromatic nitrogens is 3. The monoisotopic (exact) mass is 429 g/mol. The van der Waals surface area contributed by atoms with Gasteiger partial charge in [0.2, 0.25) is 5.91 Å². The van der Waals surface area contributed by atoms with Gasteiger partial charge in [0, 0.05) is 6.42 Å². The second kappa shape index (κ2) is 9.74. The number of amides is 2. The fourth-order valence-electron chi connectivity index (χ4n) is 3.35. The van der Waals surface area contributed by atoms with Gasteiger partial charge in [-0.3, -0.25) is 9.59 Å². The molecular weight excluding hydrogens is 406 g/mol. The molecule has 2 unspecified atom stereocenters. The standard InChI is InChI=1S/C24H23N5O3/c1-17(19-9-11-20(12-10-19)29-16-25-15-26-29)27-23(30)21(14-18-6-3-2-4-7-18)28-24(31)22-8-5-13-32-22/h2-13,15-17,21H,14H2,1H3,(H,27,30)(H,28,31). The van der Waals surface area contributed by atoms with E-state index in [-0.39, 0.29) is 17.7 Å². The zero-order valence-corrected chi connectivity index (χ0v) is 17.5. The molecule has 2 atom stereocenters. The molecule has 0 radical (unpaired) electrons. The van der Waals surface area contributed by atoms with Crippen molar-refractivity contribution in [2.24, 2.45) is 0 Å². The first kappa shape index (κ1) is 21.0. The van der Waals surface area contributed by atoms with Crippen LogP contribution in [0.5, 0.6) is 0 Å². The number of hydrogen-bond donors (Lipinski definition) is 2. The molecular formula is C24H23N5O3. The summed E-state index contributed by atoms with van der Waals surface area (Å²) in [5, 5.41) is 9.90. The Kier molecular flexibility index (Phi) is 6.41. The zero-order chi connectivity index (χ0) is 22.3. The largest absolute Gasteiger partial charge is 0.459 e. The van der Waals surface area contributed by atoms with E-state index < -0.39 is 11.9 Å². The van der Waals surface area contributed by atoms with Gasteiger partial charge in [-0.1, -0.05) is 42.5 Å². The van der Waals surface area contributed by atoms with E-state index in [2.05, 4.69) is 20.7 Å². The van der Waals surface area contributed by atoms with E-state index in [0.717, 1.165) is 16.8 Å². The number of nitrogens with zero attached hydrogens (tertiary/aromatic N) is 3. The van der Waals surface area contributed by atoms with Crippen LogP contribution >= 0.6 is 0 Å². The van der Waals surface area contributed by atoms with Gasteiger partial charge in [-0.2, -0.15) is 5.10 Å². The molecule has 0 saturated carbocycles. The fraction of sp³-hybridized carbons (Fsp3) is 0.167. The van der Waals surface area contributed by atoms with Gasteiger partial charge in [0.15, 0.2) is 5.76 Å². The van der Waals surface area contributed by atoms with Crippen molar-refractivity contribution in [2.75, 3.05) is 0 Å². The lowest BCUT2D eigenvalue weighted by Crippen LogP contribution is -2.48. The maximum Gasteiger partial charge on any atom is 0.287 e. The molecule has 0 saturated heterocycles. The van der Waals surface area contributed by atoms with Crippen molar-refractivity contribution >= 4 is 11.8 Å². The molecule has 0 fully saturated rings. The first-order valence-electron chi connectivity index (χ1n) is 10.2. The van der Waals surface area contributed by atoms with E-state index in [9.17, 15) is 9.59 Å². The second-order valence-electron chi connectivity index (χ2n) is 7.35. The lowest BCUT2D eigenvalue weighted by atomic mass is 10.0. The number of nitrogens with one attached hydrogen (secondary N) is 2. The Balaban J connectivity index is 1.46. The van der Waals surface area contributed by atoms with Crippen LogP contribution in [0.15, 0.2) is 90.1 Å². The molecule has 4 aromatic rings. The van der Waals surface area contributed by atoms with Crippen LogP contribution < -0.4 is 10.6 Å². The number of hydrogen-bond acceptors (Lipinski definition) is 5. The molecule has 2 N–H and O–H groups in total. The molecule has 0 spiro atoms. The summed E-state index contributed by atoms with van der Waals surface area (Å²) in [4.78, 5) is 29.6. The van der Waals surface area contributed by atoms with Crippen molar-refractivity contribution in [2.45, 2.75) is 25.4 Å². The Morgan fingerprint density at radius 1 is 1.00 bits per heavy atom. The third kappa shape index (κ3) is 5.10. The molecule has 4 rings (SSSR count). The van der Waals surface area contributed by atoms with Crippen molar-refractivity contribution in [3.05, 3.63) is 103 Å². The van der Waals surface area contributed by atoms with Crippen LogP contribution in [0, 0.1) is 0 Å². The summed E-state index contributed by atoms with van der Waals surface area (Å²) >= 11 is 0. The van der Waals surface area contributed by atoms with E-state index in [1.807, 2.05) is 61.5 Å². The van der Waals surface area contributed by atoms with E-state index in [4.69, 9.17) is 4.42 Å². The van der Waals surface area contributed by atoms with Crippen LogP contribution in [0.2, 0.25) is 0 Å². The highest BCUT2D eigenvalue weighted by Crippen LogP contribution is 2.16. The van der Waals surface area contributed by atoms with Gasteiger partial charge in [-0.25, -0.2) is 9.67 Å². The minimum absolute atomic E-state index is 0.160. The summed E-state index contributed by atoms with van der Waals surface area (Å²) in [6, 6.07) is 19.4. The summed E-state index contributed by atoms with van der Waals surface area (Å²) in [7, 11) is 0. The molecule has 8 heteroatoms. The molecule has 2 aromatic carbocycles. The Hall–Kier alpha value is -4.20. The molecule has 162 valence electrons. The van der Waals surface area contributed by atoms with Crippen LogP contribution in [0.1, 0.15) is 34.6 Å².